The van der Waals surface area contributed by atoms with Crippen molar-refractivity contribution in [2.75, 3.05) is 12.4 Å². The average Bonchev–Trinajstić information content (AvgIpc) is 3.56. The van der Waals surface area contributed by atoms with Crippen LogP contribution >= 0.6 is 15.9 Å². The van der Waals surface area contributed by atoms with Gasteiger partial charge in [-0.2, -0.15) is 0 Å². The summed E-state index contributed by atoms with van der Waals surface area (Å²) in [5.41, 5.74) is 1.80. The number of ether oxygens (including phenoxy) is 2. The zero-order valence-electron chi connectivity index (χ0n) is 22.9. The predicted molar refractivity (Wildman–Crippen MR) is 150 cm³/mol. The third-order valence-electron chi connectivity index (χ3n) is 8.60. The Balaban J connectivity index is 1.40. The Hall–Kier alpha value is -2.69. The van der Waals surface area contributed by atoms with Crippen molar-refractivity contribution in [1.82, 2.24) is 9.97 Å². The molecular weight excluding hydrogens is 566 g/mol. The van der Waals surface area contributed by atoms with Crippen molar-refractivity contribution >= 4 is 44.5 Å². The molecule has 0 saturated carbocycles. The number of H-pyrrole nitrogens is 1. The third-order valence-corrected chi connectivity index (χ3v) is 9.22. The Morgan fingerprint density at radius 3 is 2.72 bits per heavy atom. The van der Waals surface area contributed by atoms with Crippen LogP contribution in [0.1, 0.15) is 73.7 Å². The number of carboxylic acids is 1. The van der Waals surface area contributed by atoms with Crippen molar-refractivity contribution in [2.24, 2.45) is 23.7 Å². The molecule has 3 N–H and O–H groups in total. The topological polar surface area (TPSA) is 127 Å². The molecule has 2 fully saturated rings. The second-order valence-electron chi connectivity index (χ2n) is 11.2. The highest BCUT2D eigenvalue weighted by molar-refractivity contribution is 9.10. The summed E-state index contributed by atoms with van der Waals surface area (Å²) in [6, 6.07) is 5.36. The number of nitrogens with zero attached hydrogens (tertiary/aromatic N) is 1. The molecule has 2 aliphatic rings. The molecule has 9 nitrogen and oxygen atoms in total. The maximum Gasteiger partial charge on any atom is 0.340 e. The summed E-state index contributed by atoms with van der Waals surface area (Å²) in [5.74, 6) is -1.19. The molecular formula is C29H36BrN3O6. The van der Waals surface area contributed by atoms with E-state index in [1.54, 1.807) is 25.4 Å². The van der Waals surface area contributed by atoms with Gasteiger partial charge >= 0.3 is 5.97 Å². The minimum absolute atomic E-state index is 0.0371. The largest absolute Gasteiger partial charge is 0.478 e. The molecule has 5 rings (SSSR count). The fraction of sp³-hybridized carbons (Fsp3) is 0.552. The number of hydrogen-bond donors (Lipinski definition) is 3. The van der Waals surface area contributed by atoms with Gasteiger partial charge in [-0.25, -0.2) is 9.78 Å². The number of hydrogen-bond acceptors (Lipinski definition) is 7. The normalized spacial score (nSPS) is 29.9. The Labute approximate surface area is 236 Å². The lowest BCUT2D eigenvalue weighted by Crippen LogP contribution is -2.58. The van der Waals surface area contributed by atoms with E-state index < -0.39 is 11.8 Å². The van der Waals surface area contributed by atoms with Crippen molar-refractivity contribution in [3.8, 4) is 0 Å². The standard InChI is InChI=1S/C29H36BrN3O6/c1-14-8-9-29(16(3)11-15(2)27(39-29)17(4)26(34)19-7-6-10-32-19)38-20(14)13-22-33-25-21(37-22)12-18(30)24(31-5)23(25)28(35)36/h6-7,10,12,14-17,20,27,31-32H,8-9,11,13H2,1-5H3,(H,35,36)/t14-,15-,16-,17-,20-,27+,29-/m1/s1. The van der Waals surface area contributed by atoms with Crippen LogP contribution < -0.4 is 5.32 Å². The average molecular weight is 603 g/mol. The lowest BCUT2D eigenvalue weighted by molar-refractivity contribution is -0.355. The first kappa shape index (κ1) is 27.9. The van der Waals surface area contributed by atoms with Gasteiger partial charge < -0.3 is 29.3 Å². The van der Waals surface area contributed by atoms with Gasteiger partial charge in [0.1, 0.15) is 11.1 Å². The lowest BCUT2D eigenvalue weighted by Gasteiger charge is -2.53. The number of aromatic nitrogens is 2. The van der Waals surface area contributed by atoms with E-state index in [0.717, 1.165) is 19.3 Å². The molecule has 10 heteroatoms. The molecule has 2 aliphatic heterocycles. The molecule has 0 amide bonds. The number of halogens is 1. The van der Waals surface area contributed by atoms with Crippen LogP contribution in [0.5, 0.6) is 0 Å². The van der Waals surface area contributed by atoms with Gasteiger partial charge in [-0.3, -0.25) is 4.79 Å². The number of fused-ring (bicyclic) bond motifs is 1. The smallest absolute Gasteiger partial charge is 0.340 e. The third kappa shape index (κ3) is 5.02. The second kappa shape index (κ2) is 10.7. The molecule has 1 spiro atoms. The molecule has 39 heavy (non-hydrogen) atoms. The number of carbonyl (C=O) groups is 2. The summed E-state index contributed by atoms with van der Waals surface area (Å²) < 4.78 is 20.2. The summed E-state index contributed by atoms with van der Waals surface area (Å²) in [4.78, 5) is 32.9. The molecule has 4 heterocycles. The summed E-state index contributed by atoms with van der Waals surface area (Å²) in [6.07, 6.45) is 4.16. The Kier molecular flexibility index (Phi) is 7.65. The number of Topliss-reactive ketones (excluding diaryl/α,β-unsaturated/α-hetero) is 1. The van der Waals surface area contributed by atoms with Gasteiger partial charge in [0.25, 0.3) is 0 Å². The van der Waals surface area contributed by atoms with Crippen LogP contribution in [0.3, 0.4) is 0 Å². The van der Waals surface area contributed by atoms with Crippen LogP contribution in [0.4, 0.5) is 5.69 Å². The van der Waals surface area contributed by atoms with Crippen molar-refractivity contribution in [3.63, 3.8) is 0 Å². The number of benzene rings is 1. The number of anilines is 1. The van der Waals surface area contributed by atoms with Gasteiger partial charge in [0.2, 0.25) is 0 Å². The highest BCUT2D eigenvalue weighted by Crippen LogP contribution is 2.48. The quantitative estimate of drug-likeness (QED) is 0.269. The first-order valence-electron chi connectivity index (χ1n) is 13.6. The molecule has 210 valence electrons. The van der Waals surface area contributed by atoms with E-state index in [1.807, 2.05) is 13.0 Å². The molecule has 0 radical (unpaired) electrons. The van der Waals surface area contributed by atoms with Gasteiger partial charge in [0.15, 0.2) is 23.0 Å². The zero-order chi connectivity index (χ0) is 28.1. The Bertz CT molecular complexity index is 1370. The van der Waals surface area contributed by atoms with E-state index in [1.165, 1.54) is 0 Å². The molecule has 2 aromatic heterocycles. The van der Waals surface area contributed by atoms with E-state index in [4.69, 9.17) is 13.9 Å². The molecule has 0 unspecified atom stereocenters. The molecule has 7 atom stereocenters. The molecule has 0 aliphatic carbocycles. The highest BCUT2D eigenvalue weighted by atomic mass is 79.9. The number of rotatable bonds is 7. The van der Waals surface area contributed by atoms with Gasteiger partial charge in [-0.1, -0.05) is 27.7 Å². The Morgan fingerprint density at radius 1 is 1.28 bits per heavy atom. The minimum Gasteiger partial charge on any atom is -0.478 e. The van der Waals surface area contributed by atoms with Crippen LogP contribution in [-0.4, -0.2) is 51.9 Å². The number of aromatic amines is 1. The molecule has 2 saturated heterocycles. The van der Waals surface area contributed by atoms with Gasteiger partial charge in [0, 0.05) is 36.0 Å². The first-order valence-corrected chi connectivity index (χ1v) is 14.4. The fourth-order valence-corrected chi connectivity index (χ4v) is 6.94. The van der Waals surface area contributed by atoms with Gasteiger partial charge in [-0.15, -0.1) is 0 Å². The van der Waals surface area contributed by atoms with Crippen molar-refractivity contribution in [1.29, 1.82) is 0 Å². The van der Waals surface area contributed by atoms with E-state index in [-0.39, 0.29) is 47.2 Å². The summed E-state index contributed by atoms with van der Waals surface area (Å²) in [5, 5.41) is 12.8. The van der Waals surface area contributed by atoms with E-state index >= 15 is 0 Å². The van der Waals surface area contributed by atoms with Gasteiger partial charge in [-0.05, 0) is 58.8 Å². The number of nitrogens with one attached hydrogen (secondary N) is 2. The summed E-state index contributed by atoms with van der Waals surface area (Å²) in [6.45, 7) is 8.38. The van der Waals surface area contributed by atoms with Crippen LogP contribution in [0, 0.1) is 23.7 Å². The molecule has 3 aromatic rings. The number of ketones is 1. The van der Waals surface area contributed by atoms with Crippen molar-refractivity contribution < 1.29 is 28.6 Å². The predicted octanol–water partition coefficient (Wildman–Crippen LogP) is 6.29. The monoisotopic (exact) mass is 601 g/mol. The molecule has 0 bridgehead atoms. The van der Waals surface area contributed by atoms with E-state index in [0.29, 0.717) is 39.3 Å². The maximum absolute atomic E-state index is 13.2. The van der Waals surface area contributed by atoms with E-state index in [9.17, 15) is 14.7 Å². The van der Waals surface area contributed by atoms with Crippen LogP contribution in [0.25, 0.3) is 11.1 Å². The Morgan fingerprint density at radius 2 is 2.05 bits per heavy atom. The zero-order valence-corrected chi connectivity index (χ0v) is 24.5. The van der Waals surface area contributed by atoms with E-state index in [2.05, 4.69) is 52.0 Å². The van der Waals surface area contributed by atoms with Gasteiger partial charge in [0.05, 0.1) is 30.0 Å². The highest BCUT2D eigenvalue weighted by Gasteiger charge is 2.52. The van der Waals surface area contributed by atoms with Crippen LogP contribution in [0.15, 0.2) is 33.3 Å². The minimum atomic E-state index is -1.08. The number of aromatic carboxylic acids is 1. The number of oxazole rings is 1. The van der Waals surface area contributed by atoms with Crippen LogP contribution in [0.2, 0.25) is 0 Å². The number of carboxylic acid groups (broad SMARTS) is 1. The SMILES string of the molecule is CNc1c(Br)cc2oc(C[C@H]3O[C@]4(CC[C@H]3C)O[C@H]([C@H](C)C(=O)c3ccc[nH]3)[C@H](C)C[C@H]4C)nc2c1C(=O)O. The van der Waals surface area contributed by atoms with Crippen molar-refractivity contribution in [2.45, 2.75) is 71.4 Å². The second-order valence-corrected chi connectivity index (χ2v) is 12.1. The first-order chi connectivity index (χ1) is 18.5. The maximum atomic E-state index is 13.2. The molecule has 1 aromatic carbocycles. The van der Waals surface area contributed by atoms with Crippen molar-refractivity contribution in [3.05, 3.63) is 46.0 Å². The summed E-state index contributed by atoms with van der Waals surface area (Å²) in [7, 11) is 1.67. The fourth-order valence-electron chi connectivity index (χ4n) is 6.34. The summed E-state index contributed by atoms with van der Waals surface area (Å²) >= 11 is 3.43. The number of carbonyl (C=O) groups excluding carboxylic acids is 1. The van der Waals surface area contributed by atoms with Crippen LogP contribution in [-0.2, 0) is 15.9 Å². The lowest BCUT2D eigenvalue weighted by atomic mass is 9.75.